The Morgan fingerprint density at radius 2 is 2.00 bits per heavy atom. The zero-order valence-corrected chi connectivity index (χ0v) is 14.5. The molecule has 2 unspecified atom stereocenters. The quantitative estimate of drug-likeness (QED) is 0.620. The summed E-state index contributed by atoms with van der Waals surface area (Å²) in [5.74, 6) is -6.52. The Kier molecular flexibility index (Phi) is 5.66. The minimum absolute atomic E-state index is 0.0343. The predicted molar refractivity (Wildman–Crippen MR) is 80.2 cm³/mol. The maximum absolute atomic E-state index is 13.5. The van der Waals surface area contributed by atoms with Gasteiger partial charge in [0.05, 0.1) is 6.61 Å². The molecule has 1 saturated heterocycles. The van der Waals surface area contributed by atoms with Crippen molar-refractivity contribution in [3.63, 3.8) is 0 Å². The number of carbonyl (C=O) groups excluding carboxylic acids is 2. The molecule has 2 rings (SSSR count). The number of carbonyl (C=O) groups is 2. The molecular formula is C16H16F4NO6. The largest absolute Gasteiger partial charge is 0.506 e. The second-order valence-corrected chi connectivity index (χ2v) is 6.10. The third kappa shape index (κ3) is 4.66. The zero-order valence-electron chi connectivity index (χ0n) is 14.5. The summed E-state index contributed by atoms with van der Waals surface area (Å²) in [6, 6.07) is 0.403. The number of nitrogens with zero attached hydrogens (tertiary/aromatic N) is 1. The molecule has 0 saturated carbocycles. The van der Waals surface area contributed by atoms with E-state index in [0.717, 1.165) is 7.05 Å². The molecule has 0 aliphatic carbocycles. The molecule has 1 aromatic carbocycles. The Morgan fingerprint density at radius 3 is 2.48 bits per heavy atom. The molecule has 1 N–H and O–H groups in total. The third-order valence-corrected chi connectivity index (χ3v) is 3.67. The average molecular weight is 394 g/mol. The van der Waals surface area contributed by atoms with E-state index >= 15 is 0 Å². The van der Waals surface area contributed by atoms with E-state index in [1.807, 2.05) is 0 Å². The van der Waals surface area contributed by atoms with Crippen LogP contribution in [0, 0.1) is 5.82 Å². The third-order valence-electron chi connectivity index (χ3n) is 3.67. The van der Waals surface area contributed by atoms with Gasteiger partial charge in [-0.15, -0.1) is 0 Å². The average Bonchev–Trinajstić information content (AvgIpc) is 2.92. The van der Waals surface area contributed by atoms with Crippen LogP contribution in [0.15, 0.2) is 12.1 Å². The minimum Gasteiger partial charge on any atom is -0.506 e. The topological polar surface area (TPSA) is 96.2 Å². The molecule has 0 bridgehead atoms. The lowest BCUT2D eigenvalue weighted by molar-refractivity contribution is -0.159. The summed E-state index contributed by atoms with van der Waals surface area (Å²) in [4.78, 5) is 24.2. The first kappa shape index (κ1) is 20.9. The van der Waals surface area contributed by atoms with E-state index in [1.54, 1.807) is 0 Å². The molecule has 1 aliphatic heterocycles. The van der Waals surface area contributed by atoms with Gasteiger partial charge in [0.2, 0.25) is 6.10 Å². The molecule has 0 aromatic heterocycles. The summed E-state index contributed by atoms with van der Waals surface area (Å²) < 4.78 is 67.7. The lowest BCUT2D eigenvalue weighted by Crippen LogP contribution is -2.43. The number of phenolic OH excluding ortho intramolecular Hbond substituents is 1. The van der Waals surface area contributed by atoms with Crippen LogP contribution in [0.25, 0.3) is 0 Å². The number of phenols is 1. The number of rotatable bonds is 4. The summed E-state index contributed by atoms with van der Waals surface area (Å²) in [7, 11) is 1.12. The number of halogens is 4. The molecule has 0 spiro atoms. The minimum atomic E-state index is -5.11. The molecule has 11 heteroatoms. The SMILES string of the molecule is C[N]C(=O)C(OC(=O)c1cc(F)cc(C(F)(F)F)c1O)C1COC(C)(C)O1. The van der Waals surface area contributed by atoms with E-state index in [1.165, 1.54) is 13.8 Å². The summed E-state index contributed by atoms with van der Waals surface area (Å²) >= 11 is 0. The molecule has 1 fully saturated rings. The summed E-state index contributed by atoms with van der Waals surface area (Å²) in [6.07, 6.45) is -7.85. The van der Waals surface area contributed by atoms with Crippen LogP contribution in [0.3, 0.4) is 0 Å². The van der Waals surface area contributed by atoms with E-state index in [9.17, 15) is 32.3 Å². The number of hydrogen-bond acceptors (Lipinski definition) is 6. The second-order valence-electron chi connectivity index (χ2n) is 6.10. The van der Waals surface area contributed by atoms with E-state index < -0.39 is 58.7 Å². The van der Waals surface area contributed by atoms with Crippen molar-refractivity contribution >= 4 is 11.9 Å². The predicted octanol–water partition coefficient (Wildman–Crippen LogP) is 1.99. The molecule has 1 aliphatic rings. The van der Waals surface area contributed by atoms with Crippen LogP contribution in [-0.2, 0) is 25.2 Å². The van der Waals surface area contributed by atoms with Crippen molar-refractivity contribution in [2.45, 2.75) is 38.0 Å². The van der Waals surface area contributed by atoms with Crippen molar-refractivity contribution in [2.75, 3.05) is 13.7 Å². The Hall–Kier alpha value is -2.40. The fraction of sp³-hybridized carbons (Fsp3) is 0.500. The van der Waals surface area contributed by atoms with Gasteiger partial charge in [0.15, 0.2) is 5.79 Å². The first-order valence-corrected chi connectivity index (χ1v) is 7.62. The Morgan fingerprint density at radius 1 is 1.37 bits per heavy atom. The number of ether oxygens (including phenoxy) is 3. The molecule has 1 heterocycles. The molecule has 1 aromatic rings. The molecular weight excluding hydrogens is 378 g/mol. The van der Waals surface area contributed by atoms with Gasteiger partial charge < -0.3 is 19.3 Å². The Labute approximate surface area is 151 Å². The van der Waals surface area contributed by atoms with Gasteiger partial charge in [0.1, 0.15) is 28.8 Å². The highest BCUT2D eigenvalue weighted by molar-refractivity contribution is 5.95. The van der Waals surface area contributed by atoms with Crippen molar-refractivity contribution in [3.8, 4) is 5.75 Å². The van der Waals surface area contributed by atoms with Crippen molar-refractivity contribution in [3.05, 3.63) is 29.1 Å². The van der Waals surface area contributed by atoms with Gasteiger partial charge in [-0.1, -0.05) is 0 Å². The molecule has 27 heavy (non-hydrogen) atoms. The summed E-state index contributed by atoms with van der Waals surface area (Å²) in [5, 5.41) is 13.1. The molecule has 2 atom stereocenters. The number of likely N-dealkylation sites (N-methyl/N-ethyl adjacent to an activating group) is 1. The van der Waals surface area contributed by atoms with Gasteiger partial charge in [-0.05, 0) is 26.0 Å². The molecule has 1 amide bonds. The van der Waals surface area contributed by atoms with Gasteiger partial charge in [-0.3, -0.25) is 10.1 Å². The van der Waals surface area contributed by atoms with Gasteiger partial charge in [0, 0.05) is 7.05 Å². The van der Waals surface area contributed by atoms with E-state index in [0.29, 0.717) is 6.07 Å². The molecule has 149 valence electrons. The van der Waals surface area contributed by atoms with Gasteiger partial charge in [-0.2, -0.15) is 13.2 Å². The van der Waals surface area contributed by atoms with Gasteiger partial charge in [0.25, 0.3) is 5.91 Å². The van der Waals surface area contributed by atoms with Crippen molar-refractivity contribution in [1.29, 1.82) is 0 Å². The van der Waals surface area contributed by atoms with Crippen molar-refractivity contribution < 1.29 is 46.5 Å². The van der Waals surface area contributed by atoms with Gasteiger partial charge >= 0.3 is 12.1 Å². The molecule has 1 radical (unpaired) electrons. The van der Waals surface area contributed by atoms with Crippen molar-refractivity contribution in [1.82, 2.24) is 5.32 Å². The monoisotopic (exact) mass is 394 g/mol. The van der Waals surface area contributed by atoms with Crippen LogP contribution in [0.1, 0.15) is 29.8 Å². The van der Waals surface area contributed by atoms with Crippen LogP contribution in [0.5, 0.6) is 5.75 Å². The first-order chi connectivity index (χ1) is 12.4. The van der Waals surface area contributed by atoms with Crippen LogP contribution in [0.4, 0.5) is 17.6 Å². The van der Waals surface area contributed by atoms with Crippen LogP contribution in [0.2, 0.25) is 0 Å². The van der Waals surface area contributed by atoms with Crippen molar-refractivity contribution in [2.24, 2.45) is 0 Å². The van der Waals surface area contributed by atoms with Crippen LogP contribution in [-0.4, -0.2) is 48.6 Å². The number of benzene rings is 1. The Balaban J connectivity index is 2.33. The number of esters is 1. The number of aromatic hydroxyl groups is 1. The van der Waals surface area contributed by atoms with Crippen LogP contribution >= 0.6 is 0 Å². The summed E-state index contributed by atoms with van der Waals surface area (Å²) in [6.45, 7) is 2.91. The lowest BCUT2D eigenvalue weighted by Gasteiger charge is -2.23. The highest BCUT2D eigenvalue weighted by Gasteiger charge is 2.44. The summed E-state index contributed by atoms with van der Waals surface area (Å²) in [5.41, 5.74) is -2.84. The second kappa shape index (κ2) is 7.31. The van der Waals surface area contributed by atoms with E-state index in [4.69, 9.17) is 14.2 Å². The standard InChI is InChI=1S/C16H16F4NO6/c1-15(2)25-6-10(27-15)12(13(23)21-3)26-14(24)8-4-7(17)5-9(11(8)22)16(18,19)20/h4-5,10,12,22H,6H2,1-3H3. The number of amides is 1. The fourth-order valence-electron chi connectivity index (χ4n) is 2.43. The number of hydrogen-bond donors (Lipinski definition) is 1. The maximum Gasteiger partial charge on any atom is 0.420 e. The highest BCUT2D eigenvalue weighted by atomic mass is 19.4. The smallest absolute Gasteiger partial charge is 0.420 e. The fourth-order valence-corrected chi connectivity index (χ4v) is 2.43. The first-order valence-electron chi connectivity index (χ1n) is 7.62. The van der Waals surface area contributed by atoms with Crippen LogP contribution < -0.4 is 5.32 Å². The number of alkyl halides is 3. The maximum atomic E-state index is 13.5. The highest BCUT2D eigenvalue weighted by Crippen LogP contribution is 2.38. The van der Waals surface area contributed by atoms with Gasteiger partial charge in [-0.25, -0.2) is 9.18 Å². The lowest BCUT2D eigenvalue weighted by atomic mass is 10.1. The Bertz CT molecular complexity index is 749. The zero-order chi connectivity index (χ0) is 20.6. The molecule has 7 nitrogen and oxygen atoms in total. The normalized spacial score (nSPS) is 20.2. The van der Waals surface area contributed by atoms with E-state index in [2.05, 4.69) is 5.32 Å². The van der Waals surface area contributed by atoms with E-state index in [-0.39, 0.29) is 12.7 Å².